The van der Waals surface area contributed by atoms with Crippen LogP contribution in [0, 0.1) is 11.7 Å². The number of nitrogens with one attached hydrogen (secondary N) is 2. The highest BCUT2D eigenvalue weighted by molar-refractivity contribution is 7.90. The van der Waals surface area contributed by atoms with Crippen LogP contribution in [0.25, 0.3) is 22.2 Å². The first kappa shape index (κ1) is 25.2. The Hall–Kier alpha value is -3.90. The fourth-order valence-corrected chi connectivity index (χ4v) is 4.77. The smallest absolute Gasteiger partial charge is 0.316 e. The second-order valence-electron chi connectivity index (χ2n) is 8.56. The summed E-state index contributed by atoms with van der Waals surface area (Å²) >= 11 is 0. The van der Waals surface area contributed by atoms with Gasteiger partial charge >= 0.3 is 16.2 Å². The van der Waals surface area contributed by atoms with Gasteiger partial charge in [0.25, 0.3) is 0 Å². The Balaban J connectivity index is 1.68. The van der Waals surface area contributed by atoms with Crippen molar-refractivity contribution in [3.05, 3.63) is 66.0 Å². The van der Waals surface area contributed by atoms with Crippen LogP contribution in [0.4, 0.5) is 10.1 Å². The largest absolute Gasteiger partial charge is 0.467 e. The molecule has 188 valence electrons. The summed E-state index contributed by atoms with van der Waals surface area (Å²) in [6.07, 6.45) is 6.17. The van der Waals surface area contributed by atoms with Crippen molar-refractivity contribution >= 4 is 32.7 Å². The van der Waals surface area contributed by atoms with Gasteiger partial charge in [0.05, 0.1) is 18.4 Å². The number of hydrogen-bond donors (Lipinski definition) is 2. The number of pyridine rings is 1. The number of fused-ring (bicyclic) bond motifs is 1. The lowest BCUT2D eigenvalue weighted by molar-refractivity contribution is 0.103. The Labute approximate surface area is 207 Å². The van der Waals surface area contributed by atoms with Crippen molar-refractivity contribution in [1.29, 1.82) is 0 Å². The van der Waals surface area contributed by atoms with Gasteiger partial charge in [0.2, 0.25) is 0 Å². The van der Waals surface area contributed by atoms with Crippen LogP contribution in [0.5, 0.6) is 6.01 Å². The molecule has 0 atom stereocenters. The SMILES string of the molecule is COc1ncc(-c2cnc3[nH]cc(C(=O)c4cccc(NS(=O)(=O)N(C)CC(C)C)c4F)c3c2)cn1. The van der Waals surface area contributed by atoms with Crippen LogP contribution in [-0.4, -0.2) is 59.1 Å². The van der Waals surface area contributed by atoms with Crippen LogP contribution in [0.3, 0.4) is 0 Å². The number of ketones is 1. The summed E-state index contributed by atoms with van der Waals surface area (Å²) in [7, 11) is -1.14. The summed E-state index contributed by atoms with van der Waals surface area (Å²) in [5.41, 5.74) is 1.33. The quantitative estimate of drug-likeness (QED) is 0.328. The number of nitrogens with zero attached hydrogens (tertiary/aromatic N) is 4. The number of halogens is 1. The van der Waals surface area contributed by atoms with Crippen molar-refractivity contribution in [2.45, 2.75) is 13.8 Å². The van der Waals surface area contributed by atoms with Crippen LogP contribution < -0.4 is 9.46 Å². The van der Waals surface area contributed by atoms with Gasteiger partial charge in [-0.05, 0) is 24.1 Å². The molecule has 0 radical (unpaired) electrons. The molecule has 0 fully saturated rings. The van der Waals surface area contributed by atoms with Gasteiger partial charge in [-0.25, -0.2) is 19.3 Å². The van der Waals surface area contributed by atoms with E-state index in [0.29, 0.717) is 22.2 Å². The highest BCUT2D eigenvalue weighted by Gasteiger charge is 2.24. The molecule has 12 heteroatoms. The predicted octanol–water partition coefficient (Wildman–Crippen LogP) is 3.64. The standard InChI is InChI=1S/C24H25FN6O4S/c1-14(2)13-31(3)36(33,34)30-20-7-5-6-17(21(20)25)22(32)19-12-27-23-18(19)8-15(9-26-23)16-10-28-24(35-4)29-11-16/h5-12,14,30H,13H2,1-4H3,(H,26,27). The normalized spacial score (nSPS) is 11.9. The Bertz CT molecular complexity index is 1520. The molecule has 0 unspecified atom stereocenters. The summed E-state index contributed by atoms with van der Waals surface area (Å²) < 4.78 is 48.9. The van der Waals surface area contributed by atoms with E-state index in [2.05, 4.69) is 24.7 Å². The van der Waals surface area contributed by atoms with E-state index < -0.39 is 21.8 Å². The first-order chi connectivity index (χ1) is 17.1. The molecule has 4 rings (SSSR count). The second kappa shape index (κ2) is 9.99. The first-order valence-corrected chi connectivity index (χ1v) is 12.5. The molecule has 3 aromatic heterocycles. The summed E-state index contributed by atoms with van der Waals surface area (Å²) in [5.74, 6) is -1.51. The van der Waals surface area contributed by atoms with E-state index in [4.69, 9.17) is 4.74 Å². The number of aromatic amines is 1. The average Bonchev–Trinajstić information content (AvgIpc) is 3.28. The molecule has 0 saturated heterocycles. The lowest BCUT2D eigenvalue weighted by Crippen LogP contribution is -2.35. The molecule has 0 aliphatic heterocycles. The van der Waals surface area contributed by atoms with Crippen LogP contribution in [0.1, 0.15) is 29.8 Å². The lowest BCUT2D eigenvalue weighted by Gasteiger charge is -2.20. The van der Waals surface area contributed by atoms with E-state index in [9.17, 15) is 13.2 Å². The predicted molar refractivity (Wildman–Crippen MR) is 134 cm³/mol. The molecule has 0 spiro atoms. The fourth-order valence-electron chi connectivity index (χ4n) is 3.68. The number of H-pyrrole nitrogens is 1. The third kappa shape index (κ3) is 5.04. The van der Waals surface area contributed by atoms with E-state index in [1.165, 1.54) is 38.6 Å². The van der Waals surface area contributed by atoms with Crippen molar-refractivity contribution in [3.8, 4) is 17.1 Å². The molecule has 4 aromatic rings. The number of carbonyl (C=O) groups is 1. The van der Waals surface area contributed by atoms with Gasteiger partial charge in [0.15, 0.2) is 11.6 Å². The van der Waals surface area contributed by atoms with Crippen LogP contribution in [0.2, 0.25) is 0 Å². The second-order valence-corrected chi connectivity index (χ2v) is 10.3. The van der Waals surface area contributed by atoms with E-state index in [1.54, 1.807) is 24.7 Å². The Morgan fingerprint density at radius 3 is 2.50 bits per heavy atom. The third-order valence-corrected chi connectivity index (χ3v) is 6.88. The van der Waals surface area contributed by atoms with E-state index in [0.717, 1.165) is 4.31 Å². The lowest BCUT2D eigenvalue weighted by atomic mass is 10.0. The average molecular weight is 513 g/mol. The van der Waals surface area contributed by atoms with Crippen molar-refractivity contribution in [2.24, 2.45) is 5.92 Å². The maximum Gasteiger partial charge on any atom is 0.316 e. The van der Waals surface area contributed by atoms with Gasteiger partial charge in [0, 0.05) is 60.5 Å². The van der Waals surface area contributed by atoms with Gasteiger partial charge in [0.1, 0.15) is 5.65 Å². The number of methoxy groups -OCH3 is 1. The van der Waals surface area contributed by atoms with E-state index >= 15 is 4.39 Å². The Morgan fingerprint density at radius 2 is 1.83 bits per heavy atom. The minimum absolute atomic E-state index is 0.0779. The molecule has 0 bridgehead atoms. The minimum atomic E-state index is -4.01. The maximum absolute atomic E-state index is 15.4. The van der Waals surface area contributed by atoms with Crippen LogP contribution in [0.15, 0.2) is 49.1 Å². The molecular weight excluding hydrogens is 487 g/mol. The number of anilines is 1. The molecule has 2 N–H and O–H groups in total. The summed E-state index contributed by atoms with van der Waals surface area (Å²) in [6.45, 7) is 3.99. The van der Waals surface area contributed by atoms with Gasteiger partial charge < -0.3 is 9.72 Å². The fraction of sp³-hybridized carbons (Fsp3) is 0.250. The molecule has 0 aliphatic carbocycles. The molecule has 0 aliphatic rings. The van der Waals surface area contributed by atoms with E-state index in [-0.39, 0.29) is 35.3 Å². The van der Waals surface area contributed by atoms with Gasteiger partial charge in [-0.3, -0.25) is 9.52 Å². The van der Waals surface area contributed by atoms with Crippen molar-refractivity contribution < 1.29 is 22.3 Å². The molecule has 0 saturated carbocycles. The van der Waals surface area contributed by atoms with Gasteiger partial charge in [-0.2, -0.15) is 12.7 Å². The molecule has 36 heavy (non-hydrogen) atoms. The van der Waals surface area contributed by atoms with Crippen molar-refractivity contribution in [3.63, 3.8) is 0 Å². The van der Waals surface area contributed by atoms with Gasteiger partial charge in [-0.1, -0.05) is 19.9 Å². The van der Waals surface area contributed by atoms with Crippen molar-refractivity contribution in [1.82, 2.24) is 24.2 Å². The van der Waals surface area contributed by atoms with Crippen LogP contribution >= 0.6 is 0 Å². The van der Waals surface area contributed by atoms with Gasteiger partial charge in [-0.15, -0.1) is 0 Å². The molecule has 10 nitrogen and oxygen atoms in total. The Kier molecular flexibility index (Phi) is 7.00. The number of hydrogen-bond acceptors (Lipinski definition) is 7. The number of carbonyl (C=O) groups excluding carboxylic acids is 1. The van der Waals surface area contributed by atoms with E-state index in [1.807, 2.05) is 13.8 Å². The zero-order chi connectivity index (χ0) is 26.0. The topological polar surface area (TPSA) is 130 Å². The molecule has 1 aromatic carbocycles. The first-order valence-electron chi connectivity index (χ1n) is 11.0. The summed E-state index contributed by atoms with van der Waals surface area (Å²) in [6, 6.07) is 5.94. The zero-order valence-electron chi connectivity index (χ0n) is 20.1. The third-order valence-electron chi connectivity index (χ3n) is 5.43. The summed E-state index contributed by atoms with van der Waals surface area (Å²) in [5, 5.41) is 0.468. The number of rotatable bonds is 9. The highest BCUT2D eigenvalue weighted by Crippen LogP contribution is 2.28. The number of aromatic nitrogens is 4. The number of benzene rings is 1. The molecule has 3 heterocycles. The van der Waals surface area contributed by atoms with Crippen molar-refractivity contribution in [2.75, 3.05) is 25.4 Å². The highest BCUT2D eigenvalue weighted by atomic mass is 32.2. The molecule has 0 amide bonds. The summed E-state index contributed by atoms with van der Waals surface area (Å²) in [4.78, 5) is 28.8. The minimum Gasteiger partial charge on any atom is -0.467 e. The molecular formula is C24H25FN6O4S. The van der Waals surface area contributed by atoms with Crippen LogP contribution in [-0.2, 0) is 10.2 Å². The number of ether oxygens (including phenoxy) is 1. The Morgan fingerprint density at radius 1 is 1.14 bits per heavy atom. The zero-order valence-corrected chi connectivity index (χ0v) is 20.9. The maximum atomic E-state index is 15.4. The monoisotopic (exact) mass is 512 g/mol.